The van der Waals surface area contributed by atoms with E-state index in [0.717, 1.165) is 0 Å². The number of anilines is 1. The number of fused-ring (bicyclic) bond motifs is 2. The van der Waals surface area contributed by atoms with E-state index in [1.54, 1.807) is 6.07 Å². The Kier molecular flexibility index (Phi) is 3.48. The van der Waals surface area contributed by atoms with E-state index >= 15 is 0 Å². The number of carboxylic acid groups (broad SMARTS) is 1. The van der Waals surface area contributed by atoms with Gasteiger partial charge in [0.15, 0.2) is 5.82 Å². The topological polar surface area (TPSA) is 78.8 Å². The van der Waals surface area contributed by atoms with Crippen LogP contribution in [0.15, 0.2) is 16.9 Å². The van der Waals surface area contributed by atoms with E-state index in [9.17, 15) is 14.3 Å². The van der Waals surface area contributed by atoms with Crippen molar-refractivity contribution >= 4 is 38.7 Å². The lowest BCUT2D eigenvalue weighted by molar-refractivity contribution is 0.105. The summed E-state index contributed by atoms with van der Waals surface area (Å²) >= 11 is 3.18. The summed E-state index contributed by atoms with van der Waals surface area (Å²) in [4.78, 5) is 23.2. The number of amides is 1. The number of aromatic nitrogens is 2. The van der Waals surface area contributed by atoms with E-state index in [1.165, 1.54) is 11.2 Å². The number of hydrogen-bond acceptors (Lipinski definition) is 5. The van der Waals surface area contributed by atoms with E-state index in [4.69, 9.17) is 4.74 Å². The van der Waals surface area contributed by atoms with Crippen molar-refractivity contribution in [3.05, 3.63) is 22.7 Å². The van der Waals surface area contributed by atoms with Crippen molar-refractivity contribution in [2.45, 2.75) is 19.0 Å². The van der Waals surface area contributed by atoms with Crippen molar-refractivity contribution in [2.24, 2.45) is 0 Å². The van der Waals surface area contributed by atoms with Crippen molar-refractivity contribution in [1.29, 1.82) is 0 Å². The van der Waals surface area contributed by atoms with Gasteiger partial charge in [0, 0.05) is 19.1 Å². The van der Waals surface area contributed by atoms with Crippen LogP contribution in [0.2, 0.25) is 0 Å². The molecular formula is C15H14BrFN4O3. The molecule has 0 bridgehead atoms. The molecule has 7 nitrogen and oxygen atoms in total. The molecule has 2 aliphatic heterocycles. The van der Waals surface area contributed by atoms with Crippen molar-refractivity contribution in [1.82, 2.24) is 14.9 Å². The lowest BCUT2D eigenvalue weighted by Gasteiger charge is -2.43. The first-order valence-corrected chi connectivity index (χ1v) is 8.28. The quantitative estimate of drug-likeness (QED) is 0.736. The fourth-order valence-electron chi connectivity index (χ4n) is 3.36. The summed E-state index contributed by atoms with van der Waals surface area (Å²) in [6.07, 6.45) is 0.374. The highest BCUT2D eigenvalue weighted by Crippen LogP contribution is 2.40. The minimum atomic E-state index is -0.953. The number of ether oxygens (including phenoxy) is 1. The fourth-order valence-corrected chi connectivity index (χ4v) is 3.75. The maximum absolute atomic E-state index is 14.4. The highest BCUT2D eigenvalue weighted by atomic mass is 79.9. The van der Waals surface area contributed by atoms with Crippen LogP contribution in [0.1, 0.15) is 6.92 Å². The van der Waals surface area contributed by atoms with Gasteiger partial charge >= 0.3 is 6.09 Å². The summed E-state index contributed by atoms with van der Waals surface area (Å²) in [5, 5.41) is 9.88. The second-order valence-corrected chi connectivity index (χ2v) is 6.85. The zero-order valence-electron chi connectivity index (χ0n) is 12.7. The smallest absolute Gasteiger partial charge is 0.407 e. The first-order valence-electron chi connectivity index (χ1n) is 7.49. The Balaban J connectivity index is 1.87. The van der Waals surface area contributed by atoms with Crippen molar-refractivity contribution in [2.75, 3.05) is 24.6 Å². The predicted octanol–water partition coefficient (Wildman–Crippen LogP) is 2.48. The van der Waals surface area contributed by atoms with Crippen LogP contribution in [0.4, 0.5) is 15.0 Å². The molecule has 0 aliphatic carbocycles. The van der Waals surface area contributed by atoms with Gasteiger partial charge in [-0.05, 0) is 28.9 Å². The summed E-state index contributed by atoms with van der Waals surface area (Å²) in [5.41, 5.74) is 0.193. The number of piperazine rings is 1. The maximum Gasteiger partial charge on any atom is 0.407 e. The molecule has 2 atom stereocenters. The molecule has 1 aromatic carbocycles. The van der Waals surface area contributed by atoms with Crippen LogP contribution in [0.25, 0.3) is 10.9 Å². The second-order valence-electron chi connectivity index (χ2n) is 5.99. The van der Waals surface area contributed by atoms with Gasteiger partial charge in [-0.1, -0.05) is 0 Å². The Morgan fingerprint density at radius 1 is 1.46 bits per heavy atom. The van der Waals surface area contributed by atoms with Crippen molar-refractivity contribution in [3.63, 3.8) is 0 Å². The van der Waals surface area contributed by atoms with E-state index in [2.05, 4.69) is 25.9 Å². The highest BCUT2D eigenvalue weighted by Gasteiger charge is 2.38. The molecule has 1 N–H and O–H groups in total. The third-order valence-corrected chi connectivity index (χ3v) is 5.12. The monoisotopic (exact) mass is 396 g/mol. The third-order valence-electron chi connectivity index (χ3n) is 4.54. The molecule has 1 aromatic heterocycles. The van der Waals surface area contributed by atoms with Gasteiger partial charge in [0.1, 0.15) is 30.0 Å². The molecule has 2 aromatic rings. The largest absolute Gasteiger partial charge is 0.490 e. The number of halogens is 2. The van der Waals surface area contributed by atoms with Gasteiger partial charge < -0.3 is 19.6 Å². The second kappa shape index (κ2) is 5.44. The van der Waals surface area contributed by atoms with E-state index < -0.39 is 11.9 Å². The molecule has 1 fully saturated rings. The van der Waals surface area contributed by atoms with E-state index in [-0.39, 0.29) is 22.1 Å². The maximum atomic E-state index is 14.4. The van der Waals surface area contributed by atoms with Crippen LogP contribution in [0.5, 0.6) is 5.75 Å². The lowest BCUT2D eigenvalue weighted by atomic mass is 10.1. The molecule has 4 rings (SSSR count). The summed E-state index contributed by atoms with van der Waals surface area (Å²) in [6.45, 7) is 2.90. The van der Waals surface area contributed by atoms with Crippen LogP contribution >= 0.6 is 15.9 Å². The summed E-state index contributed by atoms with van der Waals surface area (Å²) < 4.78 is 20.5. The standard InChI is InChI=1S/C15H14BrFN4O3/c1-7-3-21-8(4-20(7)15(22)23)5-24-10-2-9(16)12(17)13-11(10)14(21)19-6-18-13/h2,6-8H,3-5H2,1H3,(H,22,23)/t7-,8+/m1/s1. The Bertz CT molecular complexity index is 849. The van der Waals surface area contributed by atoms with Crippen LogP contribution in [0, 0.1) is 5.82 Å². The van der Waals surface area contributed by atoms with Crippen LogP contribution < -0.4 is 9.64 Å². The Morgan fingerprint density at radius 2 is 2.25 bits per heavy atom. The minimum Gasteiger partial charge on any atom is -0.490 e. The molecule has 24 heavy (non-hydrogen) atoms. The van der Waals surface area contributed by atoms with Gasteiger partial charge in [0.05, 0.1) is 15.9 Å². The van der Waals surface area contributed by atoms with Gasteiger partial charge in [-0.25, -0.2) is 19.2 Å². The Morgan fingerprint density at radius 3 is 3.00 bits per heavy atom. The first kappa shape index (κ1) is 15.4. The van der Waals surface area contributed by atoms with Gasteiger partial charge in [0.2, 0.25) is 0 Å². The predicted molar refractivity (Wildman–Crippen MR) is 88.0 cm³/mol. The molecule has 1 amide bonds. The van der Waals surface area contributed by atoms with Crippen LogP contribution in [0.3, 0.4) is 0 Å². The highest BCUT2D eigenvalue weighted by molar-refractivity contribution is 9.10. The van der Waals surface area contributed by atoms with Gasteiger partial charge in [0.25, 0.3) is 0 Å². The van der Waals surface area contributed by atoms with Gasteiger partial charge in [-0.3, -0.25) is 0 Å². The molecule has 3 heterocycles. The summed E-state index contributed by atoms with van der Waals surface area (Å²) in [7, 11) is 0. The first-order chi connectivity index (χ1) is 11.5. The minimum absolute atomic E-state index is 0.190. The molecule has 0 saturated carbocycles. The average molecular weight is 397 g/mol. The van der Waals surface area contributed by atoms with Crippen molar-refractivity contribution in [3.8, 4) is 5.75 Å². The fraction of sp³-hybridized carbons (Fsp3) is 0.400. The molecule has 1 saturated heterocycles. The zero-order chi connectivity index (χ0) is 17.0. The molecule has 126 valence electrons. The SMILES string of the molecule is C[C@@H]1CN2c3ncnc4c(F)c(Br)cc(c34)OC[C@@H]2CN1C(=O)O. The Labute approximate surface area is 145 Å². The lowest BCUT2D eigenvalue weighted by Crippen LogP contribution is -2.60. The van der Waals surface area contributed by atoms with Crippen LogP contribution in [-0.2, 0) is 0 Å². The molecule has 0 radical (unpaired) electrons. The number of benzene rings is 1. The normalized spacial score (nSPS) is 22.8. The number of carbonyl (C=O) groups is 1. The summed E-state index contributed by atoms with van der Waals surface area (Å²) in [5.74, 6) is 0.621. The third kappa shape index (κ3) is 2.18. The van der Waals surface area contributed by atoms with Gasteiger partial charge in [-0.2, -0.15) is 0 Å². The molecular weight excluding hydrogens is 383 g/mol. The van der Waals surface area contributed by atoms with Crippen molar-refractivity contribution < 1.29 is 19.0 Å². The van der Waals surface area contributed by atoms with E-state index in [0.29, 0.717) is 36.6 Å². The molecule has 2 aliphatic rings. The molecule has 9 heteroatoms. The zero-order valence-corrected chi connectivity index (χ0v) is 14.3. The number of rotatable bonds is 0. The number of nitrogens with zero attached hydrogens (tertiary/aromatic N) is 4. The van der Waals surface area contributed by atoms with E-state index in [1.807, 2.05) is 11.8 Å². The number of hydrogen-bond donors (Lipinski definition) is 1. The summed E-state index contributed by atoms with van der Waals surface area (Å²) in [6, 6.07) is 1.18. The molecule has 0 spiro atoms. The average Bonchev–Trinajstić information content (AvgIpc) is 2.70. The Hall–Kier alpha value is -2.16. The van der Waals surface area contributed by atoms with Gasteiger partial charge in [-0.15, -0.1) is 0 Å². The molecule has 0 unspecified atom stereocenters. The van der Waals surface area contributed by atoms with Crippen LogP contribution in [-0.4, -0.2) is 57.8 Å².